The molecule has 2 heterocycles. The average Bonchev–Trinajstić information content (AvgIpc) is 3.13. The molecule has 11 heteroatoms. The molecule has 53 heavy (non-hydrogen) atoms. The second kappa shape index (κ2) is 29.5. The molecule has 2 aliphatic heterocycles. The van der Waals surface area contributed by atoms with Gasteiger partial charge in [0, 0.05) is 0 Å². The van der Waals surface area contributed by atoms with E-state index in [0.717, 1.165) is 63.4 Å². The highest BCUT2D eigenvalue weighted by molar-refractivity contribution is 4.99. The summed E-state index contributed by atoms with van der Waals surface area (Å²) in [6.45, 7) is 6.12. The quantitative estimate of drug-likeness (QED) is 0.0279. The fourth-order valence-electron chi connectivity index (χ4n) is 7.64. The third kappa shape index (κ3) is 19.8. The summed E-state index contributed by atoms with van der Waals surface area (Å²) in [4.78, 5) is 0. The third-order valence-electron chi connectivity index (χ3n) is 11.3. The van der Waals surface area contributed by atoms with Gasteiger partial charge >= 0.3 is 0 Å². The van der Waals surface area contributed by atoms with Crippen molar-refractivity contribution in [3.63, 3.8) is 0 Å². The minimum Gasteiger partial charge on any atom is -0.394 e. The summed E-state index contributed by atoms with van der Waals surface area (Å²) in [6.07, 6.45) is 18.4. The molecule has 2 rings (SSSR count). The Labute approximate surface area is 321 Å². The Morgan fingerprint density at radius 2 is 1.28 bits per heavy atom. The van der Waals surface area contributed by atoms with E-state index in [0.29, 0.717) is 26.1 Å². The highest BCUT2D eigenvalue weighted by Crippen LogP contribution is 2.28. The first kappa shape index (κ1) is 48.4. The van der Waals surface area contributed by atoms with E-state index in [1.165, 1.54) is 89.9 Å². The normalized spacial score (nSPS) is 24.5. The fourth-order valence-corrected chi connectivity index (χ4v) is 7.64. The first-order valence-electron chi connectivity index (χ1n) is 21.5. The molecule has 0 aromatic heterocycles. The van der Waals surface area contributed by atoms with E-state index < -0.39 is 55.6 Å². The lowest BCUT2D eigenvalue weighted by atomic mass is 9.87. The Morgan fingerprint density at radius 1 is 0.755 bits per heavy atom. The van der Waals surface area contributed by atoms with Crippen LogP contribution < -0.4 is 5.32 Å². The van der Waals surface area contributed by atoms with E-state index in [1.54, 1.807) is 0 Å². The lowest BCUT2D eigenvalue weighted by Crippen LogP contribution is -2.67. The number of aliphatic hydroxyl groups is 6. The van der Waals surface area contributed by atoms with E-state index in [2.05, 4.69) is 18.8 Å². The van der Waals surface area contributed by atoms with Gasteiger partial charge in [-0.2, -0.15) is 0 Å². The molecule has 0 bridgehead atoms. The van der Waals surface area contributed by atoms with Gasteiger partial charge in [-0.3, -0.25) is 9.71 Å². The first-order valence-corrected chi connectivity index (χ1v) is 21.5. The van der Waals surface area contributed by atoms with Gasteiger partial charge in [0.05, 0.1) is 56.9 Å². The largest absolute Gasteiger partial charge is 0.394 e. The second-order valence-electron chi connectivity index (χ2n) is 16.2. The van der Waals surface area contributed by atoms with Crippen LogP contribution in [-0.2, 0) is 14.2 Å². The molecule has 0 radical (unpaired) electrons. The Morgan fingerprint density at radius 3 is 1.79 bits per heavy atom. The lowest BCUT2D eigenvalue weighted by Gasteiger charge is -2.46. The molecule has 0 aliphatic carbocycles. The smallest absolute Gasteiger partial charge is 0.186 e. The van der Waals surface area contributed by atoms with Crippen molar-refractivity contribution < 1.29 is 49.2 Å². The summed E-state index contributed by atoms with van der Waals surface area (Å²) in [5.41, 5.74) is 0.636. The van der Waals surface area contributed by atoms with Crippen LogP contribution in [0.15, 0.2) is 12.2 Å². The fraction of sp³-hybridized carbons (Fsp3) is 0.952. The lowest BCUT2D eigenvalue weighted by molar-refractivity contribution is -0.303. The monoisotopic (exact) mass is 762 g/mol. The molecule has 2 fully saturated rings. The van der Waals surface area contributed by atoms with Gasteiger partial charge in [-0.15, -0.1) is 0 Å². The number of allylic oxidation sites excluding steroid dienone is 1. The summed E-state index contributed by atoms with van der Waals surface area (Å²) in [6, 6.07) is -0.715. The van der Waals surface area contributed by atoms with Gasteiger partial charge in [-0.1, -0.05) is 147 Å². The minimum atomic E-state index is -1.57. The Kier molecular flexibility index (Phi) is 27.0. The number of alkyl halides is 1. The Balaban J connectivity index is 1.80. The number of unbranched alkanes of at least 4 members (excludes halogenated alkanes) is 19. The summed E-state index contributed by atoms with van der Waals surface area (Å²) in [7, 11) is 0. The number of ether oxygens (including phenoxy) is 3. The van der Waals surface area contributed by atoms with Crippen LogP contribution in [0.5, 0.6) is 0 Å². The van der Waals surface area contributed by atoms with Crippen LogP contribution in [0.2, 0.25) is 0 Å². The van der Waals surface area contributed by atoms with Crippen molar-refractivity contribution in [3.05, 3.63) is 12.2 Å². The highest BCUT2D eigenvalue weighted by atomic mass is 19.1. The van der Waals surface area contributed by atoms with Crippen LogP contribution in [0, 0.1) is 0 Å². The van der Waals surface area contributed by atoms with E-state index in [9.17, 15) is 35.0 Å². The number of halogens is 1. The van der Waals surface area contributed by atoms with Crippen LogP contribution in [0.25, 0.3) is 0 Å². The van der Waals surface area contributed by atoms with Crippen molar-refractivity contribution >= 4 is 0 Å². The molecule has 0 spiro atoms. The van der Waals surface area contributed by atoms with Crippen LogP contribution in [-0.4, -0.2) is 118 Å². The average molecular weight is 762 g/mol. The molecule has 2 aliphatic rings. The molecule has 5 unspecified atom stereocenters. The number of hydrogen-bond acceptors (Lipinski definition) is 10. The van der Waals surface area contributed by atoms with Crippen LogP contribution in [0.1, 0.15) is 167 Å². The molecule has 314 valence electrons. The second-order valence-corrected chi connectivity index (χ2v) is 16.2. The van der Waals surface area contributed by atoms with E-state index in [1.807, 2.05) is 0 Å². The maximum atomic E-state index is 12.4. The number of aliphatic hydroxyl groups excluding tert-OH is 6. The number of rotatable bonds is 35. The molecule has 7 N–H and O–H groups in total. The van der Waals surface area contributed by atoms with Crippen molar-refractivity contribution in [3.8, 4) is 0 Å². The van der Waals surface area contributed by atoms with E-state index >= 15 is 0 Å². The predicted octanol–water partition coefficient (Wildman–Crippen LogP) is 6.55. The molecule has 10 nitrogen and oxygen atoms in total. The van der Waals surface area contributed by atoms with Gasteiger partial charge in [0.15, 0.2) is 6.29 Å². The third-order valence-corrected chi connectivity index (χ3v) is 11.3. The summed E-state index contributed by atoms with van der Waals surface area (Å²) in [5.74, 6) is 0. The van der Waals surface area contributed by atoms with E-state index in [4.69, 9.17) is 14.2 Å². The summed E-state index contributed by atoms with van der Waals surface area (Å²) >= 11 is 0. The maximum Gasteiger partial charge on any atom is 0.186 e. The molecule has 2 saturated heterocycles. The first-order chi connectivity index (χ1) is 25.7. The Bertz CT molecular complexity index is 895. The minimum absolute atomic E-state index is 0.134. The molecule has 0 amide bonds. The molecule has 0 aromatic rings. The summed E-state index contributed by atoms with van der Waals surface area (Å²) < 4.78 is 29.5. The molecular weight excluding hydrogens is 681 g/mol. The van der Waals surface area contributed by atoms with Crippen LogP contribution >= 0.6 is 0 Å². The van der Waals surface area contributed by atoms with Gasteiger partial charge in [-0.05, 0) is 32.1 Å². The zero-order chi connectivity index (χ0) is 38.7. The molecular formula is C42H80FNO9. The summed E-state index contributed by atoms with van der Waals surface area (Å²) in [5, 5.41) is 66.7. The number of nitrogens with one attached hydrogen (secondary N) is 1. The van der Waals surface area contributed by atoms with Gasteiger partial charge in [0.25, 0.3) is 0 Å². The van der Waals surface area contributed by atoms with Crippen molar-refractivity contribution in [2.75, 3.05) is 33.1 Å². The van der Waals surface area contributed by atoms with Crippen molar-refractivity contribution in [1.29, 1.82) is 0 Å². The highest BCUT2D eigenvalue weighted by Gasteiger charge is 2.46. The van der Waals surface area contributed by atoms with Crippen molar-refractivity contribution in [2.45, 2.75) is 222 Å². The van der Waals surface area contributed by atoms with E-state index in [-0.39, 0.29) is 18.8 Å². The zero-order valence-electron chi connectivity index (χ0n) is 33.3. The van der Waals surface area contributed by atoms with Crippen molar-refractivity contribution in [2.24, 2.45) is 0 Å². The van der Waals surface area contributed by atoms with Crippen LogP contribution in [0.4, 0.5) is 4.39 Å². The SMILES string of the molecule is C=C(CCF)CCCCCCCCCCCC1(N[C@@H](COC2OC(CO)C(O)C(O)C2O)[C@H](O)[C@H](O)CCCCCCCCCCCCCC)COC1. The standard InChI is InChI=1S/C42H80FNO9/c1-3-4-5-6-7-8-9-10-13-16-19-22-25-35(46)37(47)34(30-52-41-40(50)39(49)38(48)36(29-45)53-41)44-42(31-51-32-42)27-23-20-17-14-11-12-15-18-21-24-33(2)26-28-43/h34-41,44-50H,2-32H2,1H3/t34-,35+,36?,37-,38?,39?,40?,41?/m0/s1. The number of hydrogen-bond donors (Lipinski definition) is 7. The zero-order valence-corrected chi connectivity index (χ0v) is 33.3. The van der Waals surface area contributed by atoms with Gasteiger partial charge < -0.3 is 44.8 Å². The van der Waals surface area contributed by atoms with Gasteiger partial charge in [0.1, 0.15) is 24.4 Å². The predicted molar refractivity (Wildman–Crippen MR) is 208 cm³/mol. The molecule has 0 saturated carbocycles. The topological polar surface area (TPSA) is 161 Å². The molecule has 8 atom stereocenters. The Hall–Kier alpha value is -0.730. The maximum absolute atomic E-state index is 12.4. The molecule has 0 aromatic carbocycles. The van der Waals surface area contributed by atoms with Gasteiger partial charge in [-0.25, -0.2) is 0 Å². The van der Waals surface area contributed by atoms with Crippen molar-refractivity contribution in [1.82, 2.24) is 5.32 Å². The van der Waals surface area contributed by atoms with Crippen LogP contribution in [0.3, 0.4) is 0 Å². The van der Waals surface area contributed by atoms with Gasteiger partial charge in [0.2, 0.25) is 0 Å².